The topological polar surface area (TPSA) is 52.4 Å². The van der Waals surface area contributed by atoms with Crippen molar-refractivity contribution in [3.8, 4) is 0 Å². The normalized spacial score (nSPS) is 9.60. The van der Waals surface area contributed by atoms with E-state index in [2.05, 4.69) is 10.9 Å². The zero-order chi connectivity index (χ0) is 7.98. The average molecular weight is 145 g/mol. The number of ether oxygens (including phenoxy) is 1. The van der Waals surface area contributed by atoms with Crippen LogP contribution in [0.4, 0.5) is 4.79 Å². The number of hydrogen-bond acceptors (Lipinski definition) is 2. The van der Waals surface area contributed by atoms with Crippen LogP contribution in [0.1, 0.15) is 20.8 Å². The summed E-state index contributed by atoms with van der Waals surface area (Å²) in [5.74, 6) is 0. The van der Waals surface area contributed by atoms with Crippen LogP contribution in [-0.2, 0) is 4.74 Å². The zero-order valence-electron chi connectivity index (χ0n) is 6.55. The lowest BCUT2D eigenvalue weighted by Gasteiger charge is -2.07. The monoisotopic (exact) mass is 145 g/mol. The van der Waals surface area contributed by atoms with Crippen molar-refractivity contribution in [2.45, 2.75) is 26.9 Å². The van der Waals surface area contributed by atoms with Crippen molar-refractivity contribution in [3.05, 3.63) is 0 Å². The summed E-state index contributed by atoms with van der Waals surface area (Å²) in [6.45, 7) is 5.96. The van der Waals surface area contributed by atoms with Gasteiger partial charge in [-0.1, -0.05) is 0 Å². The Morgan fingerprint density at radius 2 is 2.30 bits per heavy atom. The molecule has 0 saturated carbocycles. The summed E-state index contributed by atoms with van der Waals surface area (Å²) >= 11 is 0. The van der Waals surface area contributed by atoms with Crippen LogP contribution >= 0.6 is 0 Å². The smallest absolute Gasteiger partial charge is 0.423 e. The molecule has 1 N–H and O–H groups in total. The van der Waals surface area contributed by atoms with Crippen molar-refractivity contribution in [1.82, 2.24) is 10.9 Å². The fourth-order valence-corrected chi connectivity index (χ4v) is 0.384. The second kappa shape index (κ2) is 5.05. The van der Waals surface area contributed by atoms with E-state index in [1.165, 1.54) is 0 Å². The molecule has 59 valence electrons. The number of hydrogen-bond donors (Lipinski definition) is 1. The molecule has 0 bridgehead atoms. The molecule has 1 amide bonds. The van der Waals surface area contributed by atoms with E-state index in [1.807, 2.05) is 6.92 Å². The van der Waals surface area contributed by atoms with E-state index in [0.717, 1.165) is 0 Å². The van der Waals surface area contributed by atoms with Gasteiger partial charge in [-0.25, -0.2) is 10.2 Å². The van der Waals surface area contributed by atoms with E-state index in [1.54, 1.807) is 13.8 Å². The van der Waals surface area contributed by atoms with Gasteiger partial charge in [-0.15, -0.1) is 5.43 Å². The van der Waals surface area contributed by atoms with E-state index in [-0.39, 0.29) is 6.10 Å². The van der Waals surface area contributed by atoms with Gasteiger partial charge < -0.3 is 4.74 Å². The second-order valence-electron chi connectivity index (χ2n) is 2.04. The molecule has 0 aromatic heterocycles. The van der Waals surface area contributed by atoms with Gasteiger partial charge in [0.25, 0.3) is 0 Å². The van der Waals surface area contributed by atoms with Gasteiger partial charge in [-0.05, 0) is 20.8 Å². The fraction of sp³-hybridized carbons (Fsp3) is 0.833. The molecule has 10 heavy (non-hydrogen) atoms. The predicted molar refractivity (Wildman–Crippen MR) is 37.4 cm³/mol. The Labute approximate surface area is 60.9 Å². The second-order valence-corrected chi connectivity index (χ2v) is 2.04. The predicted octanol–water partition coefficient (Wildman–Crippen LogP) is 0.660. The molecule has 1 radical (unpaired) electrons. The van der Waals surface area contributed by atoms with Gasteiger partial charge in [-0.3, -0.25) is 0 Å². The highest BCUT2D eigenvalue weighted by Gasteiger charge is 2.01. The van der Waals surface area contributed by atoms with Gasteiger partial charge in [0.1, 0.15) is 0 Å². The number of rotatable bonds is 3. The first-order valence-electron chi connectivity index (χ1n) is 3.30. The van der Waals surface area contributed by atoms with Crippen molar-refractivity contribution >= 4 is 6.09 Å². The van der Waals surface area contributed by atoms with E-state index >= 15 is 0 Å². The third-order valence-corrected chi connectivity index (χ3v) is 0.671. The number of amides is 1. The highest BCUT2D eigenvalue weighted by atomic mass is 16.6. The van der Waals surface area contributed by atoms with Crippen molar-refractivity contribution in [2.24, 2.45) is 0 Å². The average Bonchev–Trinajstić information content (AvgIpc) is 1.82. The van der Waals surface area contributed by atoms with E-state index in [4.69, 9.17) is 4.74 Å². The quantitative estimate of drug-likeness (QED) is 0.593. The SMILES string of the molecule is CC[N]NC(=O)OC(C)C. The maximum atomic E-state index is 10.6. The largest absolute Gasteiger partial charge is 0.446 e. The fourth-order valence-electron chi connectivity index (χ4n) is 0.384. The lowest BCUT2D eigenvalue weighted by molar-refractivity contribution is 0.111. The number of carbonyl (C=O) groups is 1. The zero-order valence-corrected chi connectivity index (χ0v) is 6.55. The van der Waals surface area contributed by atoms with Crippen LogP contribution in [-0.4, -0.2) is 18.7 Å². The Balaban J connectivity index is 3.26. The number of nitrogens with one attached hydrogen (secondary N) is 1. The van der Waals surface area contributed by atoms with Crippen LogP contribution in [0.3, 0.4) is 0 Å². The van der Waals surface area contributed by atoms with E-state index in [9.17, 15) is 4.79 Å². The van der Waals surface area contributed by atoms with Crippen LogP contribution < -0.4 is 10.9 Å². The van der Waals surface area contributed by atoms with Crippen LogP contribution in [0.5, 0.6) is 0 Å². The van der Waals surface area contributed by atoms with Crippen molar-refractivity contribution in [1.29, 1.82) is 0 Å². The van der Waals surface area contributed by atoms with Gasteiger partial charge >= 0.3 is 6.09 Å². The van der Waals surface area contributed by atoms with Crippen molar-refractivity contribution < 1.29 is 9.53 Å². The molecule has 0 heterocycles. The van der Waals surface area contributed by atoms with E-state index in [0.29, 0.717) is 6.54 Å². The van der Waals surface area contributed by atoms with Gasteiger partial charge in [0.2, 0.25) is 0 Å². The molecule has 0 spiro atoms. The van der Waals surface area contributed by atoms with Crippen LogP contribution in [0.15, 0.2) is 0 Å². The maximum Gasteiger partial charge on any atom is 0.423 e. The van der Waals surface area contributed by atoms with Crippen LogP contribution in [0.2, 0.25) is 0 Å². The first-order chi connectivity index (χ1) is 4.66. The molecular formula is C6H13N2O2. The summed E-state index contributed by atoms with van der Waals surface area (Å²) in [6, 6.07) is 0. The summed E-state index contributed by atoms with van der Waals surface area (Å²) in [4.78, 5) is 10.6. The summed E-state index contributed by atoms with van der Waals surface area (Å²) < 4.78 is 4.71. The first-order valence-corrected chi connectivity index (χ1v) is 3.30. The molecule has 0 fully saturated rings. The Morgan fingerprint density at radius 1 is 1.70 bits per heavy atom. The Kier molecular flexibility index (Phi) is 4.66. The molecule has 0 saturated heterocycles. The van der Waals surface area contributed by atoms with Gasteiger partial charge in [0, 0.05) is 6.54 Å². The molecule has 0 aromatic carbocycles. The molecule has 0 aromatic rings. The first kappa shape index (κ1) is 9.23. The minimum Gasteiger partial charge on any atom is -0.446 e. The third kappa shape index (κ3) is 5.37. The molecule has 0 unspecified atom stereocenters. The molecule has 0 aliphatic heterocycles. The van der Waals surface area contributed by atoms with Crippen molar-refractivity contribution in [3.63, 3.8) is 0 Å². The minimum absolute atomic E-state index is 0.0907. The molecular weight excluding hydrogens is 132 g/mol. The number of carbonyl (C=O) groups excluding carboxylic acids is 1. The Hall–Kier alpha value is -0.770. The lowest BCUT2D eigenvalue weighted by Crippen LogP contribution is -2.33. The summed E-state index contributed by atoms with van der Waals surface area (Å²) in [5, 5.41) is 0. The summed E-state index contributed by atoms with van der Waals surface area (Å²) in [6.07, 6.45) is -0.580. The minimum atomic E-state index is -0.489. The standard InChI is InChI=1S/C6H13N2O2/c1-4-7-8-6(9)10-5(2)3/h5H,4H2,1-3H3,(H,8,9). The van der Waals surface area contributed by atoms with E-state index < -0.39 is 6.09 Å². The number of nitrogens with zero attached hydrogens (tertiary/aromatic N) is 1. The Bertz CT molecular complexity index is 104. The summed E-state index contributed by atoms with van der Waals surface area (Å²) in [5.41, 5.74) is 5.83. The van der Waals surface area contributed by atoms with Gasteiger partial charge in [0.05, 0.1) is 6.10 Å². The third-order valence-electron chi connectivity index (χ3n) is 0.671. The highest BCUT2D eigenvalue weighted by Crippen LogP contribution is 1.86. The molecule has 4 heteroatoms. The highest BCUT2D eigenvalue weighted by molar-refractivity contribution is 5.66. The van der Waals surface area contributed by atoms with Gasteiger partial charge in [-0.2, -0.15) is 0 Å². The Morgan fingerprint density at radius 3 is 2.70 bits per heavy atom. The molecule has 4 nitrogen and oxygen atoms in total. The van der Waals surface area contributed by atoms with Crippen molar-refractivity contribution in [2.75, 3.05) is 6.54 Å². The lowest BCUT2D eigenvalue weighted by atomic mass is 10.5. The molecule has 0 aliphatic carbocycles. The maximum absolute atomic E-state index is 10.6. The molecule has 0 atom stereocenters. The van der Waals surface area contributed by atoms with Crippen LogP contribution in [0.25, 0.3) is 0 Å². The summed E-state index contributed by atoms with van der Waals surface area (Å²) in [7, 11) is 0. The molecule has 0 aliphatic rings. The van der Waals surface area contributed by atoms with Gasteiger partial charge in [0.15, 0.2) is 0 Å². The van der Waals surface area contributed by atoms with Crippen LogP contribution in [0, 0.1) is 0 Å². The molecule has 0 rings (SSSR count).